The summed E-state index contributed by atoms with van der Waals surface area (Å²) in [6, 6.07) is 0. The van der Waals surface area contributed by atoms with Gasteiger partial charge >= 0.3 is 0 Å². The Labute approximate surface area is 103 Å². The molecule has 0 N–H and O–H groups in total. The highest BCUT2D eigenvalue weighted by Crippen LogP contribution is 2.36. The molecule has 0 heterocycles. The molecule has 0 atom stereocenters. The van der Waals surface area contributed by atoms with Crippen molar-refractivity contribution in [1.82, 2.24) is 0 Å². The van der Waals surface area contributed by atoms with Crippen LogP contribution in [0.15, 0.2) is 0 Å². The third-order valence-corrected chi connectivity index (χ3v) is 7.22. The van der Waals surface area contributed by atoms with E-state index in [0.717, 1.165) is 16.4 Å². The Morgan fingerprint density at radius 3 is 2.15 bits per heavy atom. The summed E-state index contributed by atoms with van der Waals surface area (Å²) in [5, 5.41) is 2.43. The van der Waals surface area contributed by atoms with Crippen LogP contribution in [0.4, 0.5) is 0 Å². The van der Waals surface area contributed by atoms with Crippen molar-refractivity contribution in [3.05, 3.63) is 0 Å². The van der Waals surface area contributed by atoms with Crippen LogP contribution in [0.1, 0.15) is 6.92 Å². The molecule has 0 aromatic carbocycles. The Bertz CT molecular complexity index is 140. The number of alkyl halides is 2. The lowest BCUT2D eigenvalue weighted by molar-refractivity contribution is -0.109. The zero-order valence-electron chi connectivity index (χ0n) is 7.76. The molecule has 0 unspecified atom stereocenters. The van der Waals surface area contributed by atoms with Crippen molar-refractivity contribution < 1.29 is 4.79 Å². The van der Waals surface area contributed by atoms with Crippen LogP contribution in [0.2, 0.25) is 0 Å². The first kappa shape index (κ1) is 14.4. The van der Waals surface area contributed by atoms with Gasteiger partial charge in [0.1, 0.15) is 0 Å². The van der Waals surface area contributed by atoms with Gasteiger partial charge in [-0.2, -0.15) is 0 Å². The first-order valence-electron chi connectivity index (χ1n) is 4.18. The van der Waals surface area contributed by atoms with Crippen molar-refractivity contribution in [3.63, 3.8) is 0 Å². The maximum atomic E-state index is 10.7. The average Bonchev–Trinajstić information content (AvgIpc) is 2.04. The highest BCUT2D eigenvalue weighted by Gasteiger charge is 2.06. The molecule has 0 rings (SSSR count). The molecule has 0 aromatic heterocycles. The van der Waals surface area contributed by atoms with E-state index in [2.05, 4.69) is 31.9 Å². The minimum atomic E-state index is 0.142. The molecule has 0 radical (unpaired) electrons. The van der Waals surface area contributed by atoms with Gasteiger partial charge in [-0.25, -0.2) is 0 Å². The standard InChI is InChI=1S/C8H15Br2OPS/c1-8(11)13-7-6-12(4-2-9)5-3-10/h2-7H2,1H3. The fourth-order valence-electron chi connectivity index (χ4n) is 0.893. The molecule has 0 spiro atoms. The maximum absolute atomic E-state index is 10.7. The fourth-order valence-corrected chi connectivity index (χ4v) is 6.74. The van der Waals surface area contributed by atoms with Crippen LogP contribution in [-0.4, -0.2) is 40.0 Å². The molecular formula is C8H15Br2OPS. The molecule has 0 fully saturated rings. The highest BCUT2D eigenvalue weighted by molar-refractivity contribution is 9.09. The van der Waals surface area contributed by atoms with Crippen LogP contribution in [0, 0.1) is 0 Å². The number of hydrogen-bond acceptors (Lipinski definition) is 2. The number of rotatable bonds is 7. The van der Waals surface area contributed by atoms with Crippen molar-refractivity contribution in [2.45, 2.75) is 6.92 Å². The minimum Gasteiger partial charge on any atom is -0.288 e. The second-order valence-electron chi connectivity index (χ2n) is 2.56. The van der Waals surface area contributed by atoms with Crippen molar-refractivity contribution in [1.29, 1.82) is 0 Å². The largest absolute Gasteiger partial charge is 0.288 e. The summed E-state index contributed by atoms with van der Waals surface area (Å²) >= 11 is 8.39. The molecule has 1 nitrogen and oxygen atoms in total. The summed E-state index contributed by atoms with van der Waals surface area (Å²) in [6.45, 7) is 1.64. The molecule has 0 aliphatic heterocycles. The Balaban J connectivity index is 3.49. The van der Waals surface area contributed by atoms with Crippen LogP contribution in [0.25, 0.3) is 0 Å². The van der Waals surface area contributed by atoms with Gasteiger partial charge in [0.05, 0.1) is 0 Å². The molecule has 78 valence electrons. The maximum Gasteiger partial charge on any atom is 0.185 e. The number of carbonyl (C=O) groups is 1. The lowest BCUT2D eigenvalue weighted by Gasteiger charge is -2.13. The van der Waals surface area contributed by atoms with Gasteiger partial charge in [0.25, 0.3) is 0 Å². The van der Waals surface area contributed by atoms with Gasteiger partial charge < -0.3 is 0 Å². The molecule has 0 bridgehead atoms. The van der Waals surface area contributed by atoms with Crippen LogP contribution in [0.5, 0.6) is 0 Å². The molecule has 0 aliphatic carbocycles. The Hall–Kier alpha value is 1.41. The Kier molecular flexibility index (Phi) is 11.0. The Morgan fingerprint density at radius 1 is 1.23 bits per heavy atom. The van der Waals surface area contributed by atoms with Crippen LogP contribution in [-0.2, 0) is 4.79 Å². The van der Waals surface area contributed by atoms with Gasteiger partial charge in [-0.05, 0) is 18.5 Å². The lowest BCUT2D eigenvalue weighted by Crippen LogP contribution is -2.00. The number of carbonyl (C=O) groups excluding carboxylic acids is 1. The summed E-state index contributed by atoms with van der Waals surface area (Å²) < 4.78 is 0. The summed E-state index contributed by atoms with van der Waals surface area (Å²) in [4.78, 5) is 10.7. The van der Waals surface area contributed by atoms with Crippen molar-refractivity contribution >= 4 is 56.7 Å². The molecule has 0 saturated heterocycles. The highest BCUT2D eigenvalue weighted by atomic mass is 79.9. The van der Waals surface area contributed by atoms with Gasteiger partial charge in [0.15, 0.2) is 5.12 Å². The third kappa shape index (κ3) is 9.71. The SMILES string of the molecule is CC(=O)SCCP(CCBr)CCBr. The second kappa shape index (κ2) is 9.95. The van der Waals surface area contributed by atoms with Gasteiger partial charge in [-0.3, -0.25) is 4.79 Å². The third-order valence-electron chi connectivity index (χ3n) is 1.51. The van der Waals surface area contributed by atoms with E-state index in [0.29, 0.717) is 0 Å². The van der Waals surface area contributed by atoms with E-state index in [1.165, 1.54) is 30.2 Å². The van der Waals surface area contributed by atoms with Crippen LogP contribution < -0.4 is 0 Å². The molecule has 0 amide bonds. The zero-order valence-corrected chi connectivity index (χ0v) is 12.6. The fraction of sp³-hybridized carbons (Fsp3) is 0.875. The molecular weight excluding hydrogens is 335 g/mol. The lowest BCUT2D eigenvalue weighted by atomic mass is 10.9. The summed E-state index contributed by atoms with van der Waals surface area (Å²) in [7, 11) is 0.142. The van der Waals surface area contributed by atoms with Gasteiger partial charge in [-0.15, -0.1) is 7.92 Å². The van der Waals surface area contributed by atoms with E-state index < -0.39 is 0 Å². The first-order valence-corrected chi connectivity index (χ1v) is 9.31. The predicted octanol–water partition coefficient (Wildman–Crippen LogP) is 3.54. The molecule has 5 heteroatoms. The average molecular weight is 350 g/mol. The van der Waals surface area contributed by atoms with Crippen molar-refractivity contribution in [2.75, 3.05) is 34.9 Å². The molecule has 0 aliphatic rings. The zero-order chi connectivity index (χ0) is 10.1. The molecule has 0 saturated carbocycles. The molecule has 0 aromatic rings. The minimum absolute atomic E-state index is 0.142. The number of hydrogen-bond donors (Lipinski definition) is 0. The second-order valence-corrected chi connectivity index (χ2v) is 8.10. The normalized spacial score (nSPS) is 10.8. The quantitative estimate of drug-likeness (QED) is 0.516. The van der Waals surface area contributed by atoms with E-state index >= 15 is 0 Å². The van der Waals surface area contributed by atoms with E-state index in [1.54, 1.807) is 6.92 Å². The Morgan fingerprint density at radius 2 is 1.77 bits per heavy atom. The van der Waals surface area contributed by atoms with E-state index in [-0.39, 0.29) is 13.0 Å². The van der Waals surface area contributed by atoms with Crippen LogP contribution >= 0.6 is 51.5 Å². The predicted molar refractivity (Wildman–Crippen MR) is 72.2 cm³/mol. The van der Waals surface area contributed by atoms with Gasteiger partial charge in [-0.1, -0.05) is 43.6 Å². The summed E-state index contributed by atoms with van der Waals surface area (Å²) in [5.74, 6) is 1.00. The smallest absolute Gasteiger partial charge is 0.185 e. The monoisotopic (exact) mass is 348 g/mol. The first-order chi connectivity index (χ1) is 6.20. The number of thioether (sulfide) groups is 1. The topological polar surface area (TPSA) is 17.1 Å². The van der Waals surface area contributed by atoms with E-state index in [4.69, 9.17) is 0 Å². The molecule has 13 heavy (non-hydrogen) atoms. The van der Waals surface area contributed by atoms with Gasteiger partial charge in [0.2, 0.25) is 0 Å². The number of halogens is 2. The van der Waals surface area contributed by atoms with E-state index in [1.807, 2.05) is 0 Å². The summed E-state index contributed by atoms with van der Waals surface area (Å²) in [6.07, 6.45) is 3.77. The van der Waals surface area contributed by atoms with Crippen molar-refractivity contribution in [2.24, 2.45) is 0 Å². The van der Waals surface area contributed by atoms with Crippen LogP contribution in [0.3, 0.4) is 0 Å². The van der Waals surface area contributed by atoms with Crippen molar-refractivity contribution in [3.8, 4) is 0 Å². The summed E-state index contributed by atoms with van der Waals surface area (Å²) in [5.41, 5.74) is 0. The van der Waals surface area contributed by atoms with E-state index in [9.17, 15) is 4.79 Å². The van der Waals surface area contributed by atoms with Gasteiger partial charge in [0, 0.05) is 23.3 Å².